The number of carbonyl (C=O) groups excluding carboxylic acids is 1. The van der Waals surface area contributed by atoms with Crippen LogP contribution in [-0.2, 0) is 15.9 Å². The van der Waals surface area contributed by atoms with Gasteiger partial charge in [0.05, 0.1) is 18.3 Å². The number of hydrogen-bond acceptors (Lipinski definition) is 5. The van der Waals surface area contributed by atoms with Crippen LogP contribution in [0.4, 0.5) is 0 Å². The van der Waals surface area contributed by atoms with Crippen LogP contribution in [0, 0.1) is 0 Å². The predicted molar refractivity (Wildman–Crippen MR) is 62.2 cm³/mol. The molecule has 0 aliphatic rings. The Kier molecular flexibility index (Phi) is 5.79. The Balaban J connectivity index is 2.82. The van der Waals surface area contributed by atoms with Crippen LogP contribution in [0.5, 0.6) is 0 Å². The highest BCUT2D eigenvalue weighted by Gasteiger charge is 2.16. The number of ether oxygens (including phenoxy) is 2. The van der Waals surface area contributed by atoms with Crippen LogP contribution in [0.25, 0.3) is 0 Å². The molecule has 17 heavy (non-hydrogen) atoms. The van der Waals surface area contributed by atoms with Crippen LogP contribution in [0.2, 0.25) is 0 Å². The largest absolute Gasteiger partial charge is 0.385 e. The SMILES string of the molecule is COCCc1c(C=O)nnn1C(C)CCOC. The maximum Gasteiger partial charge on any atom is 0.172 e. The zero-order valence-electron chi connectivity index (χ0n) is 10.5. The summed E-state index contributed by atoms with van der Waals surface area (Å²) in [5.74, 6) is 0. The van der Waals surface area contributed by atoms with Gasteiger partial charge in [-0.2, -0.15) is 0 Å². The molecule has 1 aromatic rings. The van der Waals surface area contributed by atoms with Crippen molar-refractivity contribution in [1.82, 2.24) is 15.0 Å². The van der Waals surface area contributed by atoms with E-state index in [2.05, 4.69) is 10.3 Å². The molecule has 6 heteroatoms. The Morgan fingerprint density at radius 1 is 1.35 bits per heavy atom. The third kappa shape index (κ3) is 3.61. The number of nitrogens with zero attached hydrogens (tertiary/aromatic N) is 3. The first-order chi connectivity index (χ1) is 8.24. The zero-order valence-corrected chi connectivity index (χ0v) is 10.5. The number of methoxy groups -OCH3 is 2. The molecule has 0 spiro atoms. The minimum Gasteiger partial charge on any atom is -0.385 e. The number of hydrogen-bond donors (Lipinski definition) is 0. The second-order valence-electron chi connectivity index (χ2n) is 3.86. The van der Waals surface area contributed by atoms with Crippen molar-refractivity contribution in [2.45, 2.75) is 25.8 Å². The second kappa shape index (κ2) is 7.13. The molecule has 0 N–H and O–H groups in total. The molecule has 0 bridgehead atoms. The fourth-order valence-electron chi connectivity index (χ4n) is 1.62. The molecular formula is C11H19N3O3. The molecule has 0 aliphatic carbocycles. The number of carbonyl (C=O) groups is 1. The van der Waals surface area contributed by atoms with E-state index in [0.717, 1.165) is 18.4 Å². The average Bonchev–Trinajstić information content (AvgIpc) is 2.76. The molecule has 0 aromatic carbocycles. The van der Waals surface area contributed by atoms with Crippen molar-refractivity contribution in [1.29, 1.82) is 0 Å². The highest BCUT2D eigenvalue weighted by Crippen LogP contribution is 2.15. The summed E-state index contributed by atoms with van der Waals surface area (Å²) >= 11 is 0. The molecule has 0 amide bonds. The molecule has 1 rings (SSSR count). The minimum absolute atomic E-state index is 0.156. The Bertz CT molecular complexity index is 352. The lowest BCUT2D eigenvalue weighted by Gasteiger charge is -2.14. The molecule has 1 atom stereocenters. The van der Waals surface area contributed by atoms with E-state index in [9.17, 15) is 4.79 Å². The summed E-state index contributed by atoms with van der Waals surface area (Å²) in [5.41, 5.74) is 1.22. The zero-order chi connectivity index (χ0) is 12.7. The molecule has 1 aromatic heterocycles. The average molecular weight is 241 g/mol. The van der Waals surface area contributed by atoms with Crippen molar-refractivity contribution in [3.63, 3.8) is 0 Å². The molecule has 1 unspecified atom stereocenters. The summed E-state index contributed by atoms with van der Waals surface area (Å²) in [6.07, 6.45) is 2.20. The number of rotatable bonds is 8. The molecule has 0 radical (unpaired) electrons. The van der Waals surface area contributed by atoms with E-state index >= 15 is 0 Å². The van der Waals surface area contributed by atoms with E-state index < -0.39 is 0 Å². The highest BCUT2D eigenvalue weighted by atomic mass is 16.5. The van der Waals surface area contributed by atoms with Gasteiger partial charge in [0, 0.05) is 27.2 Å². The van der Waals surface area contributed by atoms with Crippen LogP contribution in [0.3, 0.4) is 0 Å². The first-order valence-corrected chi connectivity index (χ1v) is 5.61. The van der Waals surface area contributed by atoms with Crippen LogP contribution in [0.15, 0.2) is 0 Å². The molecule has 0 saturated heterocycles. The lowest BCUT2D eigenvalue weighted by atomic mass is 10.2. The lowest BCUT2D eigenvalue weighted by molar-refractivity contribution is 0.111. The van der Waals surface area contributed by atoms with Crippen LogP contribution >= 0.6 is 0 Å². The van der Waals surface area contributed by atoms with E-state index in [1.807, 2.05) is 6.92 Å². The maximum atomic E-state index is 10.9. The second-order valence-corrected chi connectivity index (χ2v) is 3.86. The highest BCUT2D eigenvalue weighted by molar-refractivity contribution is 5.73. The fourth-order valence-corrected chi connectivity index (χ4v) is 1.62. The van der Waals surface area contributed by atoms with Crippen molar-refractivity contribution < 1.29 is 14.3 Å². The molecule has 0 saturated carbocycles. The van der Waals surface area contributed by atoms with Crippen LogP contribution < -0.4 is 0 Å². The summed E-state index contributed by atoms with van der Waals surface area (Å²) in [4.78, 5) is 10.9. The van der Waals surface area contributed by atoms with Gasteiger partial charge in [0.2, 0.25) is 0 Å². The summed E-state index contributed by atoms with van der Waals surface area (Å²) in [5, 5.41) is 7.88. The first-order valence-electron chi connectivity index (χ1n) is 5.61. The third-order valence-corrected chi connectivity index (χ3v) is 2.63. The molecule has 0 fully saturated rings. The summed E-state index contributed by atoms with van der Waals surface area (Å²) in [7, 11) is 3.29. The first kappa shape index (κ1) is 13.8. The van der Waals surface area contributed by atoms with Crippen molar-refractivity contribution in [2.75, 3.05) is 27.4 Å². The third-order valence-electron chi connectivity index (χ3n) is 2.63. The van der Waals surface area contributed by atoms with Gasteiger partial charge in [-0.1, -0.05) is 5.21 Å². The lowest BCUT2D eigenvalue weighted by Crippen LogP contribution is -2.14. The van der Waals surface area contributed by atoms with Crippen molar-refractivity contribution >= 4 is 6.29 Å². The molecule has 1 heterocycles. The van der Waals surface area contributed by atoms with E-state index in [1.165, 1.54) is 0 Å². The Morgan fingerprint density at radius 3 is 2.65 bits per heavy atom. The normalized spacial score (nSPS) is 12.6. The van der Waals surface area contributed by atoms with Gasteiger partial charge >= 0.3 is 0 Å². The van der Waals surface area contributed by atoms with Crippen molar-refractivity contribution in [3.05, 3.63) is 11.4 Å². The van der Waals surface area contributed by atoms with Gasteiger partial charge in [0.1, 0.15) is 5.69 Å². The summed E-state index contributed by atoms with van der Waals surface area (Å²) in [6, 6.07) is 0.156. The molecule has 6 nitrogen and oxygen atoms in total. The van der Waals surface area contributed by atoms with Crippen molar-refractivity contribution in [2.24, 2.45) is 0 Å². The number of aldehydes is 1. The summed E-state index contributed by atoms with van der Waals surface area (Å²) in [6.45, 7) is 3.23. The quantitative estimate of drug-likeness (QED) is 0.632. The van der Waals surface area contributed by atoms with E-state index in [-0.39, 0.29) is 6.04 Å². The Hall–Kier alpha value is -1.27. The van der Waals surface area contributed by atoms with E-state index in [1.54, 1.807) is 18.9 Å². The molecule has 0 aliphatic heterocycles. The maximum absolute atomic E-state index is 10.9. The van der Waals surface area contributed by atoms with Gasteiger partial charge in [-0.3, -0.25) is 4.79 Å². The van der Waals surface area contributed by atoms with E-state index in [0.29, 0.717) is 25.3 Å². The smallest absolute Gasteiger partial charge is 0.172 e. The van der Waals surface area contributed by atoms with Gasteiger partial charge in [-0.05, 0) is 13.3 Å². The standard InChI is InChI=1S/C11H19N3O3/c1-9(4-6-16-2)14-11(5-7-17-3)10(8-15)12-13-14/h8-9H,4-7H2,1-3H3. The van der Waals surface area contributed by atoms with Crippen LogP contribution in [-0.4, -0.2) is 48.7 Å². The monoisotopic (exact) mass is 241 g/mol. The fraction of sp³-hybridized carbons (Fsp3) is 0.727. The van der Waals surface area contributed by atoms with E-state index in [4.69, 9.17) is 9.47 Å². The van der Waals surface area contributed by atoms with Gasteiger partial charge in [-0.15, -0.1) is 5.10 Å². The predicted octanol–water partition coefficient (Wildman–Crippen LogP) is 0.877. The van der Waals surface area contributed by atoms with Gasteiger partial charge in [0.15, 0.2) is 6.29 Å². The van der Waals surface area contributed by atoms with Gasteiger partial charge < -0.3 is 9.47 Å². The number of aromatic nitrogens is 3. The van der Waals surface area contributed by atoms with Gasteiger partial charge in [0.25, 0.3) is 0 Å². The Labute approximate surface area is 101 Å². The minimum atomic E-state index is 0.156. The molecular weight excluding hydrogens is 222 g/mol. The molecule has 96 valence electrons. The topological polar surface area (TPSA) is 66.2 Å². The Morgan fingerprint density at radius 2 is 2.06 bits per heavy atom. The van der Waals surface area contributed by atoms with Gasteiger partial charge in [-0.25, -0.2) is 4.68 Å². The summed E-state index contributed by atoms with van der Waals surface area (Å²) < 4.78 is 11.8. The van der Waals surface area contributed by atoms with Crippen molar-refractivity contribution in [3.8, 4) is 0 Å². The van der Waals surface area contributed by atoms with Crippen LogP contribution in [0.1, 0.15) is 35.6 Å².